The van der Waals surface area contributed by atoms with Crippen LogP contribution in [0.2, 0.25) is 0 Å². The third kappa shape index (κ3) is 2.65. The number of likely N-dealkylation sites (N-methyl/N-ethyl adjacent to an activating group) is 1. The molecular formula is C12H18FN5O. The molecule has 104 valence electrons. The Bertz CT molecular complexity index is 479. The summed E-state index contributed by atoms with van der Waals surface area (Å²) in [6, 6.07) is -0.437. The van der Waals surface area contributed by atoms with E-state index < -0.39 is 11.9 Å². The maximum Gasteiger partial charge on any atom is 0.246 e. The zero-order valence-electron chi connectivity index (χ0n) is 11.4. The van der Waals surface area contributed by atoms with Gasteiger partial charge in [-0.2, -0.15) is 0 Å². The molecule has 1 amide bonds. The highest BCUT2D eigenvalue weighted by molar-refractivity contribution is 5.85. The quantitative estimate of drug-likeness (QED) is 0.803. The number of carbonyl (C=O) groups is 1. The van der Waals surface area contributed by atoms with E-state index >= 15 is 0 Å². The first kappa shape index (κ1) is 13.7. The number of anilines is 1. The second-order valence-corrected chi connectivity index (χ2v) is 4.74. The molecule has 0 saturated carbocycles. The lowest BCUT2D eigenvalue weighted by molar-refractivity contribution is -0.130. The smallest absolute Gasteiger partial charge is 0.246 e. The molecule has 1 aromatic heterocycles. The summed E-state index contributed by atoms with van der Waals surface area (Å²) in [7, 11) is 3.38. The van der Waals surface area contributed by atoms with Crippen LogP contribution in [0.4, 0.5) is 10.2 Å². The molecule has 2 rings (SSSR count). The summed E-state index contributed by atoms with van der Waals surface area (Å²) in [4.78, 5) is 23.2. The van der Waals surface area contributed by atoms with Gasteiger partial charge in [0, 0.05) is 33.7 Å². The van der Waals surface area contributed by atoms with Crippen LogP contribution in [0.5, 0.6) is 0 Å². The molecule has 0 aliphatic carbocycles. The van der Waals surface area contributed by atoms with E-state index in [1.807, 2.05) is 0 Å². The minimum atomic E-state index is -0.457. The number of nitrogens with one attached hydrogen (secondary N) is 1. The maximum absolute atomic E-state index is 14.1. The molecule has 1 unspecified atom stereocenters. The molecule has 7 heteroatoms. The Kier molecular flexibility index (Phi) is 3.94. The van der Waals surface area contributed by atoms with Crippen LogP contribution in [0.1, 0.15) is 5.69 Å². The fraction of sp³-hybridized carbons (Fsp3) is 0.583. The molecule has 1 aliphatic rings. The first-order valence-electron chi connectivity index (χ1n) is 6.18. The highest BCUT2D eigenvalue weighted by atomic mass is 19.1. The minimum absolute atomic E-state index is 0.0668. The van der Waals surface area contributed by atoms with Crippen LogP contribution in [0.25, 0.3) is 0 Å². The Hall–Kier alpha value is -1.76. The number of aryl methyl sites for hydroxylation is 1. The summed E-state index contributed by atoms with van der Waals surface area (Å²) in [6.07, 6.45) is 1.33. The number of halogens is 1. The lowest BCUT2D eigenvalue weighted by atomic mass is 10.1. The summed E-state index contributed by atoms with van der Waals surface area (Å²) in [5.41, 5.74) is 0.291. The van der Waals surface area contributed by atoms with Gasteiger partial charge in [-0.15, -0.1) is 0 Å². The Morgan fingerprint density at radius 2 is 2.26 bits per heavy atom. The summed E-state index contributed by atoms with van der Waals surface area (Å²) >= 11 is 0. The maximum atomic E-state index is 14.1. The number of amides is 1. The fourth-order valence-corrected chi connectivity index (χ4v) is 2.12. The minimum Gasteiger partial charge on any atom is -0.347 e. The van der Waals surface area contributed by atoms with Crippen LogP contribution in [0.15, 0.2) is 6.33 Å². The van der Waals surface area contributed by atoms with Crippen molar-refractivity contribution in [1.29, 1.82) is 0 Å². The molecule has 1 aliphatic heterocycles. The molecular weight excluding hydrogens is 249 g/mol. The van der Waals surface area contributed by atoms with Crippen molar-refractivity contribution in [1.82, 2.24) is 20.2 Å². The van der Waals surface area contributed by atoms with Gasteiger partial charge in [0.2, 0.25) is 5.91 Å². The highest BCUT2D eigenvalue weighted by Gasteiger charge is 2.32. The summed E-state index contributed by atoms with van der Waals surface area (Å²) in [5.74, 6) is -0.321. The lowest BCUT2D eigenvalue weighted by Gasteiger charge is -2.37. The van der Waals surface area contributed by atoms with Crippen molar-refractivity contribution in [3.63, 3.8) is 0 Å². The molecule has 1 saturated heterocycles. The molecule has 1 N–H and O–H groups in total. The van der Waals surface area contributed by atoms with Gasteiger partial charge in [0.05, 0.1) is 5.69 Å². The van der Waals surface area contributed by atoms with E-state index in [0.717, 1.165) is 0 Å². The monoisotopic (exact) mass is 267 g/mol. The van der Waals surface area contributed by atoms with E-state index in [1.165, 1.54) is 11.2 Å². The van der Waals surface area contributed by atoms with Crippen LogP contribution >= 0.6 is 0 Å². The van der Waals surface area contributed by atoms with Crippen molar-refractivity contribution in [3.05, 3.63) is 17.8 Å². The van der Waals surface area contributed by atoms with Gasteiger partial charge < -0.3 is 15.1 Å². The average Bonchev–Trinajstić information content (AvgIpc) is 2.41. The molecule has 0 aromatic carbocycles. The van der Waals surface area contributed by atoms with Gasteiger partial charge in [0.25, 0.3) is 0 Å². The average molecular weight is 267 g/mol. The van der Waals surface area contributed by atoms with Gasteiger partial charge in [-0.3, -0.25) is 4.79 Å². The van der Waals surface area contributed by atoms with E-state index in [-0.39, 0.29) is 11.7 Å². The van der Waals surface area contributed by atoms with E-state index in [9.17, 15) is 9.18 Å². The number of rotatable bonds is 2. The first-order valence-corrected chi connectivity index (χ1v) is 6.18. The number of nitrogens with zero attached hydrogens (tertiary/aromatic N) is 4. The third-order valence-electron chi connectivity index (χ3n) is 3.19. The summed E-state index contributed by atoms with van der Waals surface area (Å²) in [5, 5.41) is 3.15. The number of hydrogen-bond acceptors (Lipinski definition) is 5. The predicted molar refractivity (Wildman–Crippen MR) is 69.4 cm³/mol. The van der Waals surface area contributed by atoms with Gasteiger partial charge in [0.1, 0.15) is 12.4 Å². The fourth-order valence-electron chi connectivity index (χ4n) is 2.12. The molecule has 19 heavy (non-hydrogen) atoms. The molecule has 6 nitrogen and oxygen atoms in total. The Morgan fingerprint density at radius 3 is 2.95 bits per heavy atom. The normalized spacial score (nSPS) is 19.4. The Labute approximate surface area is 111 Å². The second kappa shape index (κ2) is 5.48. The first-order chi connectivity index (χ1) is 9.02. The highest BCUT2D eigenvalue weighted by Crippen LogP contribution is 2.21. The lowest BCUT2D eigenvalue weighted by Crippen LogP contribution is -2.58. The van der Waals surface area contributed by atoms with E-state index in [1.54, 1.807) is 25.9 Å². The van der Waals surface area contributed by atoms with Gasteiger partial charge >= 0.3 is 0 Å². The van der Waals surface area contributed by atoms with Gasteiger partial charge in [-0.1, -0.05) is 0 Å². The van der Waals surface area contributed by atoms with Crippen molar-refractivity contribution in [3.8, 4) is 0 Å². The molecule has 0 spiro atoms. The van der Waals surface area contributed by atoms with Crippen LogP contribution in [0.3, 0.4) is 0 Å². The van der Waals surface area contributed by atoms with Crippen LogP contribution in [-0.4, -0.2) is 60.5 Å². The number of aromatic nitrogens is 2. The molecule has 1 fully saturated rings. The summed E-state index contributed by atoms with van der Waals surface area (Å²) < 4.78 is 14.1. The number of hydrogen-bond donors (Lipinski definition) is 1. The van der Waals surface area contributed by atoms with Crippen molar-refractivity contribution in [2.24, 2.45) is 0 Å². The van der Waals surface area contributed by atoms with Crippen LogP contribution in [-0.2, 0) is 4.79 Å². The third-order valence-corrected chi connectivity index (χ3v) is 3.19. The number of piperazine rings is 1. The van der Waals surface area contributed by atoms with Crippen LogP contribution in [0, 0.1) is 12.7 Å². The molecule has 0 bridgehead atoms. The van der Waals surface area contributed by atoms with E-state index in [2.05, 4.69) is 15.3 Å². The van der Waals surface area contributed by atoms with E-state index in [4.69, 9.17) is 0 Å². The largest absolute Gasteiger partial charge is 0.347 e. The zero-order chi connectivity index (χ0) is 14.0. The van der Waals surface area contributed by atoms with Crippen LogP contribution < -0.4 is 10.2 Å². The second-order valence-electron chi connectivity index (χ2n) is 4.74. The van der Waals surface area contributed by atoms with Crippen molar-refractivity contribution in [2.45, 2.75) is 13.0 Å². The van der Waals surface area contributed by atoms with Gasteiger partial charge in [0.15, 0.2) is 11.6 Å². The van der Waals surface area contributed by atoms with Crippen molar-refractivity contribution >= 4 is 11.7 Å². The molecule has 1 aromatic rings. The van der Waals surface area contributed by atoms with Crippen molar-refractivity contribution in [2.75, 3.05) is 38.6 Å². The van der Waals surface area contributed by atoms with Gasteiger partial charge in [-0.05, 0) is 6.92 Å². The number of carbonyl (C=O) groups excluding carboxylic acids is 1. The van der Waals surface area contributed by atoms with E-state index in [0.29, 0.717) is 25.3 Å². The Morgan fingerprint density at radius 1 is 1.53 bits per heavy atom. The topological polar surface area (TPSA) is 61.4 Å². The Balaban J connectivity index is 2.34. The van der Waals surface area contributed by atoms with Crippen molar-refractivity contribution < 1.29 is 9.18 Å². The summed E-state index contributed by atoms with van der Waals surface area (Å²) in [6.45, 7) is 3.31. The molecule has 0 radical (unpaired) electrons. The standard InChI is InChI=1S/C12H18FN5O/c1-8-10(13)11(16-7-15-8)18-5-4-14-6-9(18)12(19)17(2)3/h7,9,14H,4-6H2,1-3H3. The molecule has 2 heterocycles. The zero-order valence-corrected chi connectivity index (χ0v) is 11.4. The predicted octanol–water partition coefficient (Wildman–Crippen LogP) is -0.209. The molecule has 1 atom stereocenters. The SMILES string of the molecule is Cc1ncnc(N2CCNCC2C(=O)N(C)C)c1F. The van der Waals surface area contributed by atoms with Gasteiger partial charge in [-0.25, -0.2) is 14.4 Å².